The number of aromatic nitrogens is 4. The molecule has 0 bridgehead atoms. The Kier molecular flexibility index (Phi) is 4.79. The summed E-state index contributed by atoms with van der Waals surface area (Å²) in [5.74, 6) is -2.29. The molecule has 154 valence electrons. The highest BCUT2D eigenvalue weighted by atomic mass is 19.4. The van der Waals surface area contributed by atoms with Crippen LogP contribution in [0.3, 0.4) is 0 Å². The highest BCUT2D eigenvalue weighted by Crippen LogP contribution is 2.36. The number of H-pyrrole nitrogens is 1. The first-order valence-electron chi connectivity index (χ1n) is 7.52. The van der Waals surface area contributed by atoms with Crippen LogP contribution in [0.2, 0.25) is 0 Å². The second-order valence-corrected chi connectivity index (χ2v) is 5.70. The van der Waals surface area contributed by atoms with E-state index in [0.29, 0.717) is 24.3 Å². The summed E-state index contributed by atoms with van der Waals surface area (Å²) in [5, 5.41) is 4.74. The quantitative estimate of drug-likeness (QED) is 0.544. The van der Waals surface area contributed by atoms with Crippen molar-refractivity contribution >= 4 is 0 Å². The Morgan fingerprint density at radius 3 is 1.66 bits per heavy atom. The van der Waals surface area contributed by atoms with Gasteiger partial charge in [0.25, 0.3) is 5.82 Å². The summed E-state index contributed by atoms with van der Waals surface area (Å²) in [6.45, 7) is 0. The monoisotopic (exact) mass is 426 g/mol. The van der Waals surface area contributed by atoms with Crippen LogP contribution < -0.4 is 0 Å². The van der Waals surface area contributed by atoms with E-state index in [1.807, 2.05) is 5.10 Å². The molecule has 0 atom stereocenters. The lowest BCUT2D eigenvalue weighted by Gasteiger charge is -2.12. The van der Waals surface area contributed by atoms with Gasteiger partial charge in [0.05, 0.1) is 16.8 Å². The van der Waals surface area contributed by atoms with Crippen LogP contribution in [0, 0.1) is 0 Å². The summed E-state index contributed by atoms with van der Waals surface area (Å²) >= 11 is 0. The number of hydrogen-bond donors (Lipinski definition) is 1. The molecule has 0 saturated heterocycles. The Labute approximate surface area is 155 Å². The van der Waals surface area contributed by atoms with Crippen molar-refractivity contribution in [2.75, 3.05) is 0 Å². The van der Waals surface area contributed by atoms with Gasteiger partial charge in [-0.2, -0.15) is 39.5 Å². The van der Waals surface area contributed by atoms with E-state index < -0.39 is 52.7 Å². The van der Waals surface area contributed by atoms with E-state index in [9.17, 15) is 39.5 Å². The summed E-state index contributed by atoms with van der Waals surface area (Å²) in [6, 6.07) is 4.11. The molecule has 0 amide bonds. The number of nitrogens with one attached hydrogen (secondary N) is 1. The predicted molar refractivity (Wildman–Crippen MR) is 80.1 cm³/mol. The lowest BCUT2D eigenvalue weighted by Crippen LogP contribution is -2.08. The van der Waals surface area contributed by atoms with Crippen LogP contribution in [0.4, 0.5) is 39.5 Å². The normalized spacial score (nSPS) is 13.0. The van der Waals surface area contributed by atoms with E-state index in [1.165, 1.54) is 0 Å². The molecule has 0 radical (unpaired) electrons. The fourth-order valence-corrected chi connectivity index (χ4v) is 2.30. The van der Waals surface area contributed by atoms with E-state index in [4.69, 9.17) is 0 Å². The highest BCUT2D eigenvalue weighted by Gasteiger charge is 2.37. The van der Waals surface area contributed by atoms with E-state index in [-0.39, 0.29) is 5.56 Å². The topological polar surface area (TPSA) is 54.5 Å². The summed E-state index contributed by atoms with van der Waals surface area (Å²) in [6.07, 6.45) is -14.5. The minimum atomic E-state index is -4.94. The van der Waals surface area contributed by atoms with Crippen molar-refractivity contribution in [3.63, 3.8) is 0 Å². The first-order chi connectivity index (χ1) is 13.2. The third kappa shape index (κ3) is 4.49. The average molecular weight is 426 g/mol. The molecule has 0 unspecified atom stereocenters. The highest BCUT2D eigenvalue weighted by molar-refractivity contribution is 5.65. The third-order valence-electron chi connectivity index (χ3n) is 3.64. The lowest BCUT2D eigenvalue weighted by atomic mass is 10.1. The average Bonchev–Trinajstić information content (AvgIpc) is 3.10. The number of halogens is 9. The van der Waals surface area contributed by atoms with Gasteiger partial charge in [0, 0.05) is 5.56 Å². The van der Waals surface area contributed by atoms with Crippen molar-refractivity contribution in [3.05, 3.63) is 53.3 Å². The molecule has 0 aliphatic heterocycles. The first kappa shape index (κ1) is 20.6. The number of nitrogens with zero attached hydrogens (tertiary/aromatic N) is 3. The smallest absolute Gasteiger partial charge is 0.257 e. The molecule has 0 aliphatic carbocycles. The van der Waals surface area contributed by atoms with Crippen molar-refractivity contribution < 1.29 is 39.5 Å². The number of hydrogen-bond acceptors (Lipinski definition) is 3. The molecular formula is C16H7F9N4. The molecule has 0 aliphatic rings. The molecule has 13 heteroatoms. The van der Waals surface area contributed by atoms with Crippen LogP contribution in [0.25, 0.3) is 22.8 Å². The summed E-state index contributed by atoms with van der Waals surface area (Å²) in [4.78, 5) is 6.88. The molecule has 2 aromatic heterocycles. The predicted octanol–water partition coefficient (Wildman–Crippen LogP) is 5.59. The first-order valence-corrected chi connectivity index (χ1v) is 7.52. The summed E-state index contributed by atoms with van der Waals surface area (Å²) < 4.78 is 115. The van der Waals surface area contributed by atoms with Crippen LogP contribution >= 0.6 is 0 Å². The molecule has 1 aromatic carbocycles. The Morgan fingerprint density at radius 1 is 0.621 bits per heavy atom. The van der Waals surface area contributed by atoms with Crippen molar-refractivity contribution in [1.82, 2.24) is 20.2 Å². The largest absolute Gasteiger partial charge is 0.453 e. The van der Waals surface area contributed by atoms with Gasteiger partial charge >= 0.3 is 18.5 Å². The van der Waals surface area contributed by atoms with Crippen LogP contribution in [-0.2, 0) is 18.5 Å². The third-order valence-corrected chi connectivity index (χ3v) is 3.64. The Balaban J connectivity index is 2.11. The van der Waals surface area contributed by atoms with Crippen molar-refractivity contribution in [2.24, 2.45) is 0 Å². The van der Waals surface area contributed by atoms with Gasteiger partial charge in [-0.05, 0) is 24.3 Å². The number of aromatic amines is 1. The summed E-state index contributed by atoms with van der Waals surface area (Å²) in [7, 11) is 0. The molecule has 0 spiro atoms. The zero-order chi connectivity index (χ0) is 21.6. The Bertz CT molecular complexity index is 1010. The number of benzene rings is 1. The molecule has 29 heavy (non-hydrogen) atoms. The number of pyridine rings is 1. The molecular weight excluding hydrogens is 419 g/mol. The standard InChI is InChI=1S/C16H7F9N4/c17-14(18,19)8-3-1-7(2-4-8)10-5-9(15(20,21)22)6-11(26-10)12-27-13(29-28-12)16(23,24)25/h1-6H,(H,27,28,29). The van der Waals surface area contributed by atoms with E-state index in [1.54, 1.807) is 0 Å². The van der Waals surface area contributed by atoms with Crippen LogP contribution in [-0.4, -0.2) is 20.2 Å². The van der Waals surface area contributed by atoms with Gasteiger partial charge in [-0.25, -0.2) is 9.97 Å². The van der Waals surface area contributed by atoms with E-state index in [0.717, 1.165) is 12.1 Å². The van der Waals surface area contributed by atoms with Crippen LogP contribution in [0.5, 0.6) is 0 Å². The maximum Gasteiger partial charge on any atom is 0.453 e. The second kappa shape index (κ2) is 6.74. The minimum absolute atomic E-state index is 0.110. The zero-order valence-electron chi connectivity index (χ0n) is 13.7. The van der Waals surface area contributed by atoms with Gasteiger partial charge in [-0.1, -0.05) is 12.1 Å². The number of alkyl halides is 9. The van der Waals surface area contributed by atoms with Crippen LogP contribution in [0.15, 0.2) is 36.4 Å². The van der Waals surface area contributed by atoms with Gasteiger partial charge in [0.1, 0.15) is 5.69 Å². The molecule has 2 heterocycles. The van der Waals surface area contributed by atoms with Gasteiger partial charge in [0.2, 0.25) is 0 Å². The number of rotatable bonds is 2. The van der Waals surface area contributed by atoms with Crippen molar-refractivity contribution in [3.8, 4) is 22.8 Å². The molecule has 0 saturated carbocycles. The fourth-order valence-electron chi connectivity index (χ4n) is 2.30. The molecule has 1 N–H and O–H groups in total. The maximum absolute atomic E-state index is 13.2. The van der Waals surface area contributed by atoms with Gasteiger partial charge in [0.15, 0.2) is 5.82 Å². The van der Waals surface area contributed by atoms with Gasteiger partial charge in [-0.15, -0.1) is 5.10 Å². The van der Waals surface area contributed by atoms with Crippen molar-refractivity contribution in [1.29, 1.82) is 0 Å². The Morgan fingerprint density at radius 2 is 1.17 bits per heavy atom. The van der Waals surface area contributed by atoms with Crippen molar-refractivity contribution in [2.45, 2.75) is 18.5 Å². The second-order valence-electron chi connectivity index (χ2n) is 5.70. The zero-order valence-corrected chi connectivity index (χ0v) is 13.7. The molecule has 0 fully saturated rings. The molecule has 3 aromatic rings. The minimum Gasteiger partial charge on any atom is -0.257 e. The van der Waals surface area contributed by atoms with Gasteiger partial charge < -0.3 is 0 Å². The lowest BCUT2D eigenvalue weighted by molar-refractivity contribution is -0.144. The Hall–Kier alpha value is -3.12. The van der Waals surface area contributed by atoms with E-state index >= 15 is 0 Å². The van der Waals surface area contributed by atoms with E-state index in [2.05, 4.69) is 15.1 Å². The van der Waals surface area contributed by atoms with Crippen LogP contribution in [0.1, 0.15) is 17.0 Å². The summed E-state index contributed by atoms with van der Waals surface area (Å²) in [5.41, 5.74) is -3.44. The molecule has 4 nitrogen and oxygen atoms in total. The molecule has 3 rings (SSSR count). The van der Waals surface area contributed by atoms with Gasteiger partial charge in [-0.3, -0.25) is 5.10 Å². The SMILES string of the molecule is FC(F)(F)c1ccc(-c2cc(C(F)(F)F)cc(-c3nc(C(F)(F)F)n[nH]3)n2)cc1. The maximum atomic E-state index is 13.2. The fraction of sp³-hybridized carbons (Fsp3) is 0.188.